The van der Waals surface area contributed by atoms with Gasteiger partial charge in [-0.15, -0.1) is 0 Å². The fraction of sp³-hybridized carbons (Fsp3) is 0.500. The number of sulfonamides is 1. The van der Waals surface area contributed by atoms with Gasteiger partial charge in [0.1, 0.15) is 0 Å². The normalized spacial score (nSPS) is 21.4. The SMILES string of the molecule is Cc1ccc(NS(C)(=O)=O)c(C(=O)N2CCCC(C)(C(=O)O)C2)c1. The number of hydrogen-bond donors (Lipinski definition) is 2. The lowest BCUT2D eigenvalue weighted by Crippen LogP contribution is -2.48. The molecule has 1 unspecified atom stereocenters. The Balaban J connectivity index is 2.35. The molecule has 1 aromatic carbocycles. The van der Waals surface area contributed by atoms with Crippen LogP contribution in [0.1, 0.15) is 35.7 Å². The molecule has 0 aliphatic carbocycles. The first kappa shape index (κ1) is 18.3. The van der Waals surface area contributed by atoms with Crippen LogP contribution in [0, 0.1) is 12.3 Å². The first-order chi connectivity index (χ1) is 11.0. The van der Waals surface area contributed by atoms with E-state index in [4.69, 9.17) is 0 Å². The summed E-state index contributed by atoms with van der Waals surface area (Å²) >= 11 is 0. The van der Waals surface area contributed by atoms with E-state index in [0.29, 0.717) is 19.4 Å². The largest absolute Gasteiger partial charge is 0.481 e. The Kier molecular flexibility index (Phi) is 4.89. The molecule has 24 heavy (non-hydrogen) atoms. The van der Waals surface area contributed by atoms with Crippen LogP contribution in [0.5, 0.6) is 0 Å². The van der Waals surface area contributed by atoms with E-state index in [1.165, 1.54) is 4.90 Å². The lowest BCUT2D eigenvalue weighted by molar-refractivity contribution is -0.150. The number of aryl methyl sites for hydroxylation is 1. The quantitative estimate of drug-likeness (QED) is 0.856. The number of anilines is 1. The number of rotatable bonds is 4. The summed E-state index contributed by atoms with van der Waals surface area (Å²) in [5.74, 6) is -1.30. The number of carbonyl (C=O) groups excluding carboxylic acids is 1. The summed E-state index contributed by atoms with van der Waals surface area (Å²) in [4.78, 5) is 25.8. The van der Waals surface area contributed by atoms with Crippen molar-refractivity contribution < 1.29 is 23.1 Å². The van der Waals surface area contributed by atoms with Crippen molar-refractivity contribution in [1.82, 2.24) is 4.90 Å². The van der Waals surface area contributed by atoms with Gasteiger partial charge in [-0.1, -0.05) is 11.6 Å². The molecule has 2 rings (SSSR count). The summed E-state index contributed by atoms with van der Waals surface area (Å²) < 4.78 is 25.4. The molecular weight excluding hydrogens is 332 g/mol. The summed E-state index contributed by atoms with van der Waals surface area (Å²) in [7, 11) is -3.53. The van der Waals surface area contributed by atoms with E-state index in [2.05, 4.69) is 4.72 Å². The molecule has 1 atom stereocenters. The first-order valence-corrected chi connectivity index (χ1v) is 9.52. The smallest absolute Gasteiger partial charge is 0.311 e. The van der Waals surface area contributed by atoms with Crippen molar-refractivity contribution in [3.63, 3.8) is 0 Å². The predicted octanol–water partition coefficient (Wildman–Crippen LogP) is 1.69. The van der Waals surface area contributed by atoms with Gasteiger partial charge >= 0.3 is 5.97 Å². The van der Waals surface area contributed by atoms with E-state index in [1.54, 1.807) is 32.0 Å². The minimum Gasteiger partial charge on any atom is -0.481 e. The van der Waals surface area contributed by atoms with Crippen molar-refractivity contribution in [2.75, 3.05) is 24.1 Å². The van der Waals surface area contributed by atoms with Gasteiger partial charge in [-0.05, 0) is 38.8 Å². The second-order valence-electron chi connectivity index (χ2n) is 6.62. The maximum atomic E-state index is 12.9. The highest BCUT2D eigenvalue weighted by atomic mass is 32.2. The number of nitrogens with zero attached hydrogens (tertiary/aromatic N) is 1. The van der Waals surface area contributed by atoms with Crippen molar-refractivity contribution in [1.29, 1.82) is 0 Å². The van der Waals surface area contributed by atoms with Crippen molar-refractivity contribution in [3.05, 3.63) is 29.3 Å². The molecule has 8 heteroatoms. The molecule has 132 valence electrons. The lowest BCUT2D eigenvalue weighted by Gasteiger charge is -2.37. The average Bonchev–Trinajstić information content (AvgIpc) is 2.47. The molecule has 0 saturated carbocycles. The molecule has 1 saturated heterocycles. The summed E-state index contributed by atoms with van der Waals surface area (Å²) in [6.07, 6.45) is 2.12. The van der Waals surface area contributed by atoms with Crippen molar-refractivity contribution >= 4 is 27.6 Å². The Morgan fingerprint density at radius 3 is 2.58 bits per heavy atom. The van der Waals surface area contributed by atoms with Gasteiger partial charge in [-0.3, -0.25) is 14.3 Å². The minimum atomic E-state index is -3.53. The Bertz CT molecular complexity index is 775. The molecule has 0 aromatic heterocycles. The Morgan fingerprint density at radius 1 is 1.33 bits per heavy atom. The summed E-state index contributed by atoms with van der Waals surface area (Å²) in [5.41, 5.74) is 0.267. The number of aliphatic carboxylic acids is 1. The van der Waals surface area contributed by atoms with Crippen LogP contribution in [-0.4, -0.2) is 49.6 Å². The van der Waals surface area contributed by atoms with Gasteiger partial charge in [-0.25, -0.2) is 8.42 Å². The number of benzene rings is 1. The molecule has 1 amide bonds. The highest BCUT2D eigenvalue weighted by Crippen LogP contribution is 2.31. The minimum absolute atomic E-state index is 0.105. The van der Waals surface area contributed by atoms with Crippen LogP contribution >= 0.6 is 0 Å². The Hall–Kier alpha value is -2.09. The molecule has 1 fully saturated rings. The molecule has 1 aliphatic rings. The van der Waals surface area contributed by atoms with Crippen LogP contribution in [0.2, 0.25) is 0 Å². The molecule has 7 nitrogen and oxygen atoms in total. The highest BCUT2D eigenvalue weighted by Gasteiger charge is 2.39. The van der Waals surface area contributed by atoms with Crippen LogP contribution in [-0.2, 0) is 14.8 Å². The number of hydrogen-bond acceptors (Lipinski definition) is 4. The molecule has 0 radical (unpaired) electrons. The second-order valence-corrected chi connectivity index (χ2v) is 8.37. The fourth-order valence-corrected chi connectivity index (χ4v) is 3.46. The molecule has 1 heterocycles. The van der Waals surface area contributed by atoms with Gasteiger partial charge in [0.05, 0.1) is 22.9 Å². The maximum absolute atomic E-state index is 12.9. The zero-order chi connectivity index (χ0) is 18.1. The zero-order valence-electron chi connectivity index (χ0n) is 14.0. The summed E-state index contributed by atoms with van der Waals surface area (Å²) in [5, 5.41) is 9.39. The van der Waals surface area contributed by atoms with E-state index in [9.17, 15) is 23.1 Å². The summed E-state index contributed by atoms with van der Waals surface area (Å²) in [6.45, 7) is 3.99. The second kappa shape index (κ2) is 6.43. The number of nitrogens with one attached hydrogen (secondary N) is 1. The van der Waals surface area contributed by atoms with Gasteiger partial charge < -0.3 is 10.0 Å². The molecule has 2 N–H and O–H groups in total. The number of amides is 1. The van der Waals surface area contributed by atoms with Gasteiger partial charge in [-0.2, -0.15) is 0 Å². The molecular formula is C16H22N2O5S. The monoisotopic (exact) mass is 354 g/mol. The molecule has 1 aliphatic heterocycles. The molecule has 0 bridgehead atoms. The third kappa shape index (κ3) is 4.05. The lowest BCUT2D eigenvalue weighted by atomic mass is 9.82. The van der Waals surface area contributed by atoms with Gasteiger partial charge in [0.2, 0.25) is 10.0 Å². The van der Waals surface area contributed by atoms with Gasteiger partial charge in [0, 0.05) is 13.1 Å². The van der Waals surface area contributed by atoms with E-state index in [0.717, 1.165) is 11.8 Å². The standard InChI is InChI=1S/C16H22N2O5S/c1-11-5-6-13(17-24(3,22)23)12(9-11)14(19)18-8-4-7-16(2,10-18)15(20)21/h5-6,9,17H,4,7-8,10H2,1-3H3,(H,20,21). The van der Waals surface area contributed by atoms with Gasteiger partial charge in [0.15, 0.2) is 0 Å². The third-order valence-electron chi connectivity index (χ3n) is 4.20. The van der Waals surface area contributed by atoms with Gasteiger partial charge in [0.25, 0.3) is 5.91 Å². The average molecular weight is 354 g/mol. The molecule has 0 spiro atoms. The van der Waals surface area contributed by atoms with Crippen LogP contribution in [0.25, 0.3) is 0 Å². The van der Waals surface area contributed by atoms with E-state index >= 15 is 0 Å². The van der Waals surface area contributed by atoms with E-state index < -0.39 is 21.4 Å². The molecule has 1 aromatic rings. The number of likely N-dealkylation sites (tertiary alicyclic amines) is 1. The number of carboxylic acids is 1. The predicted molar refractivity (Wildman–Crippen MR) is 90.5 cm³/mol. The van der Waals surface area contributed by atoms with Crippen molar-refractivity contribution in [3.8, 4) is 0 Å². The third-order valence-corrected chi connectivity index (χ3v) is 4.79. The van der Waals surface area contributed by atoms with Crippen LogP contribution in [0.15, 0.2) is 18.2 Å². The fourth-order valence-electron chi connectivity index (χ4n) is 2.88. The maximum Gasteiger partial charge on any atom is 0.311 e. The first-order valence-electron chi connectivity index (χ1n) is 7.63. The van der Waals surface area contributed by atoms with E-state index in [1.807, 2.05) is 0 Å². The van der Waals surface area contributed by atoms with Crippen LogP contribution in [0.3, 0.4) is 0 Å². The topological polar surface area (TPSA) is 104 Å². The van der Waals surface area contributed by atoms with Crippen molar-refractivity contribution in [2.24, 2.45) is 5.41 Å². The number of carbonyl (C=O) groups is 2. The van der Waals surface area contributed by atoms with Crippen LogP contribution in [0.4, 0.5) is 5.69 Å². The van der Waals surface area contributed by atoms with E-state index in [-0.39, 0.29) is 23.7 Å². The Labute approximate surface area is 141 Å². The van der Waals surface area contributed by atoms with Crippen molar-refractivity contribution in [2.45, 2.75) is 26.7 Å². The number of carboxylic acid groups (broad SMARTS) is 1. The summed E-state index contributed by atoms with van der Waals surface area (Å²) in [6, 6.07) is 4.87. The zero-order valence-corrected chi connectivity index (χ0v) is 14.8. The highest BCUT2D eigenvalue weighted by molar-refractivity contribution is 7.92. The number of piperidine rings is 1. The van der Waals surface area contributed by atoms with Crippen LogP contribution < -0.4 is 4.72 Å². The Morgan fingerprint density at radius 2 is 2.00 bits per heavy atom.